The van der Waals surface area contributed by atoms with E-state index in [1.54, 1.807) is 0 Å². The van der Waals surface area contributed by atoms with Gasteiger partial charge in [-0.2, -0.15) is 0 Å². The Balaban J connectivity index is 1.88. The summed E-state index contributed by atoms with van der Waals surface area (Å²) < 4.78 is 0. The predicted molar refractivity (Wildman–Crippen MR) is 50.9 cm³/mol. The average molecular weight is 166 g/mol. The first kappa shape index (κ1) is 8.27. The van der Waals surface area contributed by atoms with Gasteiger partial charge in [0.05, 0.1) is 0 Å². The fraction of sp³-hybridized carbons (Fsp3) is 0.800. The molecule has 68 valence electrons. The van der Waals surface area contributed by atoms with Crippen LogP contribution in [0.1, 0.15) is 19.8 Å². The zero-order chi connectivity index (χ0) is 8.72. The molecule has 3 atom stereocenters. The van der Waals surface area contributed by atoms with Crippen molar-refractivity contribution in [1.29, 1.82) is 0 Å². The van der Waals surface area contributed by atoms with Crippen LogP contribution >= 0.6 is 0 Å². The quantitative estimate of drug-likeness (QED) is 0.633. The molecule has 2 saturated heterocycles. The molecule has 2 N–H and O–H groups in total. The van der Waals surface area contributed by atoms with Crippen LogP contribution in [0.25, 0.3) is 0 Å². The lowest BCUT2D eigenvalue weighted by Gasteiger charge is -2.33. The van der Waals surface area contributed by atoms with Gasteiger partial charge in [0, 0.05) is 25.2 Å². The standard InChI is InChI=1S/C10H18N2/c1-3-7(2)5-12-6-8-4-9(12)10(8)11/h8-10H,2-6,11H2,1H3. The smallest absolute Gasteiger partial charge is 0.0257 e. The molecule has 3 fully saturated rings. The Morgan fingerprint density at radius 3 is 2.83 bits per heavy atom. The second-order valence-electron chi connectivity index (χ2n) is 4.17. The molecular weight excluding hydrogens is 148 g/mol. The minimum atomic E-state index is 0.467. The van der Waals surface area contributed by atoms with Crippen molar-refractivity contribution in [3.8, 4) is 0 Å². The molecule has 2 heteroatoms. The van der Waals surface area contributed by atoms with Crippen LogP contribution in [-0.4, -0.2) is 30.1 Å². The molecule has 3 unspecified atom stereocenters. The lowest BCUT2D eigenvalue weighted by atomic mass is 9.81. The first-order valence-corrected chi connectivity index (χ1v) is 4.88. The summed E-state index contributed by atoms with van der Waals surface area (Å²) in [6.45, 7) is 8.49. The Kier molecular flexibility index (Phi) is 1.97. The zero-order valence-corrected chi connectivity index (χ0v) is 7.79. The number of hydrogen-bond donors (Lipinski definition) is 1. The van der Waals surface area contributed by atoms with Crippen LogP contribution in [0.5, 0.6) is 0 Å². The molecule has 0 amide bonds. The van der Waals surface area contributed by atoms with Crippen LogP contribution in [0, 0.1) is 5.92 Å². The number of hydrogen-bond acceptors (Lipinski definition) is 2. The van der Waals surface area contributed by atoms with E-state index in [1.165, 1.54) is 18.5 Å². The summed E-state index contributed by atoms with van der Waals surface area (Å²) in [4.78, 5) is 2.50. The van der Waals surface area contributed by atoms with Crippen molar-refractivity contribution >= 4 is 0 Å². The van der Waals surface area contributed by atoms with E-state index in [0.29, 0.717) is 12.1 Å². The normalized spacial score (nSPS) is 39.7. The summed E-state index contributed by atoms with van der Waals surface area (Å²) in [5.41, 5.74) is 7.31. The first-order valence-electron chi connectivity index (χ1n) is 4.88. The average Bonchev–Trinajstić information content (AvgIpc) is 2.59. The third-order valence-corrected chi connectivity index (χ3v) is 3.40. The van der Waals surface area contributed by atoms with Gasteiger partial charge >= 0.3 is 0 Å². The Morgan fingerprint density at radius 2 is 2.42 bits per heavy atom. The molecule has 0 spiro atoms. The van der Waals surface area contributed by atoms with Crippen molar-refractivity contribution in [2.24, 2.45) is 11.7 Å². The van der Waals surface area contributed by atoms with E-state index >= 15 is 0 Å². The first-order chi connectivity index (χ1) is 5.72. The molecule has 3 rings (SSSR count). The molecule has 2 aliphatic heterocycles. The molecule has 0 aromatic carbocycles. The van der Waals surface area contributed by atoms with Crippen molar-refractivity contribution in [1.82, 2.24) is 4.90 Å². The van der Waals surface area contributed by atoms with Gasteiger partial charge in [-0.1, -0.05) is 19.1 Å². The highest BCUT2D eigenvalue weighted by molar-refractivity contribution is 5.10. The van der Waals surface area contributed by atoms with Crippen LogP contribution in [0.3, 0.4) is 0 Å². The van der Waals surface area contributed by atoms with Gasteiger partial charge in [-0.05, 0) is 18.8 Å². The molecule has 2 nitrogen and oxygen atoms in total. The molecule has 12 heavy (non-hydrogen) atoms. The van der Waals surface area contributed by atoms with Gasteiger partial charge in [0.15, 0.2) is 0 Å². The van der Waals surface area contributed by atoms with Gasteiger partial charge < -0.3 is 5.73 Å². The highest BCUT2D eigenvalue weighted by Gasteiger charge is 2.49. The Bertz CT molecular complexity index is 200. The van der Waals surface area contributed by atoms with Crippen molar-refractivity contribution in [3.05, 3.63) is 12.2 Å². The second kappa shape index (κ2) is 2.86. The lowest BCUT2D eigenvalue weighted by molar-refractivity contribution is 0.224. The monoisotopic (exact) mass is 166 g/mol. The summed E-state index contributed by atoms with van der Waals surface area (Å²) >= 11 is 0. The van der Waals surface area contributed by atoms with Crippen LogP contribution in [0.15, 0.2) is 12.2 Å². The summed E-state index contributed by atoms with van der Waals surface area (Å²) in [6, 6.07) is 1.15. The van der Waals surface area contributed by atoms with Crippen molar-refractivity contribution in [2.45, 2.75) is 31.8 Å². The van der Waals surface area contributed by atoms with Gasteiger partial charge in [0.2, 0.25) is 0 Å². The Morgan fingerprint density at radius 1 is 1.67 bits per heavy atom. The maximum absolute atomic E-state index is 5.96. The molecule has 0 aromatic heterocycles. The van der Waals surface area contributed by atoms with Gasteiger partial charge in [0.1, 0.15) is 0 Å². The molecule has 0 radical (unpaired) electrons. The SMILES string of the molecule is C=C(CC)CN1CC2CC1C2N. The summed E-state index contributed by atoms with van der Waals surface area (Å²) in [5.74, 6) is 0.791. The molecule has 2 heterocycles. The van der Waals surface area contributed by atoms with E-state index < -0.39 is 0 Å². The van der Waals surface area contributed by atoms with Gasteiger partial charge in [-0.3, -0.25) is 4.90 Å². The third kappa shape index (κ3) is 1.10. The lowest BCUT2D eigenvalue weighted by Crippen LogP contribution is -2.49. The van der Waals surface area contributed by atoms with Crippen molar-refractivity contribution in [3.63, 3.8) is 0 Å². The van der Waals surface area contributed by atoms with E-state index in [9.17, 15) is 0 Å². The van der Waals surface area contributed by atoms with Crippen molar-refractivity contribution < 1.29 is 0 Å². The summed E-state index contributed by atoms with van der Waals surface area (Å²) in [5, 5.41) is 0. The number of nitrogens with two attached hydrogens (primary N) is 1. The van der Waals surface area contributed by atoms with Crippen LogP contribution < -0.4 is 5.73 Å². The van der Waals surface area contributed by atoms with Crippen LogP contribution in [-0.2, 0) is 0 Å². The Hall–Kier alpha value is -0.340. The highest BCUT2D eigenvalue weighted by atomic mass is 15.2. The Labute approximate surface area is 74.4 Å². The molecule has 1 saturated carbocycles. The number of fused-ring (bicyclic) bond motifs is 1. The van der Waals surface area contributed by atoms with Crippen LogP contribution in [0.4, 0.5) is 0 Å². The van der Waals surface area contributed by atoms with E-state index in [0.717, 1.165) is 18.9 Å². The molecular formula is C10H18N2. The molecule has 2 bridgehead atoms. The molecule has 0 aromatic rings. The van der Waals surface area contributed by atoms with Gasteiger partial charge in [-0.25, -0.2) is 0 Å². The van der Waals surface area contributed by atoms with E-state index in [2.05, 4.69) is 18.4 Å². The summed E-state index contributed by atoms with van der Waals surface area (Å²) in [7, 11) is 0. The summed E-state index contributed by atoms with van der Waals surface area (Å²) in [6.07, 6.45) is 2.43. The minimum Gasteiger partial charge on any atom is -0.326 e. The maximum atomic E-state index is 5.96. The van der Waals surface area contributed by atoms with Crippen LogP contribution in [0.2, 0.25) is 0 Å². The van der Waals surface area contributed by atoms with E-state index in [1.807, 2.05) is 0 Å². The van der Waals surface area contributed by atoms with E-state index in [-0.39, 0.29) is 0 Å². The van der Waals surface area contributed by atoms with Crippen molar-refractivity contribution in [2.75, 3.05) is 13.1 Å². The third-order valence-electron chi connectivity index (χ3n) is 3.40. The number of nitrogens with zero attached hydrogens (tertiary/aromatic N) is 1. The number of rotatable bonds is 3. The zero-order valence-electron chi connectivity index (χ0n) is 7.79. The fourth-order valence-electron chi connectivity index (χ4n) is 2.35. The molecule has 3 aliphatic rings. The predicted octanol–water partition coefficient (Wildman–Crippen LogP) is 0.984. The largest absolute Gasteiger partial charge is 0.326 e. The molecule has 1 aliphatic carbocycles. The topological polar surface area (TPSA) is 29.3 Å². The fourth-order valence-corrected chi connectivity index (χ4v) is 2.35. The van der Waals surface area contributed by atoms with E-state index in [4.69, 9.17) is 5.73 Å². The van der Waals surface area contributed by atoms with Gasteiger partial charge in [0.25, 0.3) is 0 Å². The second-order valence-corrected chi connectivity index (χ2v) is 4.17. The highest BCUT2D eigenvalue weighted by Crippen LogP contribution is 2.39. The minimum absolute atomic E-state index is 0.467. The maximum Gasteiger partial charge on any atom is 0.0257 e. The van der Waals surface area contributed by atoms with Gasteiger partial charge in [-0.15, -0.1) is 0 Å².